The Hall–Kier alpha value is -1.58. The SMILES string of the molecule is CC1=NC(c2scc(C)c2C)C(c2ccccc2)=CN1.Cl. The molecule has 0 spiro atoms. The Labute approximate surface area is 136 Å². The number of halogens is 1. The van der Waals surface area contributed by atoms with Crippen LogP contribution in [0.2, 0.25) is 0 Å². The summed E-state index contributed by atoms with van der Waals surface area (Å²) in [5, 5.41) is 5.47. The molecule has 2 nitrogen and oxygen atoms in total. The number of benzene rings is 1. The smallest absolute Gasteiger partial charge is 0.113 e. The maximum absolute atomic E-state index is 4.83. The summed E-state index contributed by atoms with van der Waals surface area (Å²) in [5.41, 5.74) is 5.18. The maximum Gasteiger partial charge on any atom is 0.113 e. The maximum atomic E-state index is 4.83. The minimum atomic E-state index is 0. The van der Waals surface area contributed by atoms with E-state index in [9.17, 15) is 0 Å². The monoisotopic (exact) mass is 318 g/mol. The molecule has 1 aliphatic heterocycles. The number of nitrogens with one attached hydrogen (secondary N) is 1. The van der Waals surface area contributed by atoms with Gasteiger partial charge in [0.05, 0.1) is 5.84 Å². The fourth-order valence-corrected chi connectivity index (χ4v) is 3.55. The molecule has 2 heterocycles. The van der Waals surface area contributed by atoms with Crippen LogP contribution in [-0.2, 0) is 0 Å². The van der Waals surface area contributed by atoms with Gasteiger partial charge in [-0.25, -0.2) is 0 Å². The zero-order valence-corrected chi connectivity index (χ0v) is 14.0. The van der Waals surface area contributed by atoms with E-state index in [0.29, 0.717) is 0 Å². The highest BCUT2D eigenvalue weighted by Crippen LogP contribution is 2.39. The molecule has 0 saturated carbocycles. The first-order valence-electron chi connectivity index (χ1n) is 6.78. The Balaban J connectivity index is 0.00000161. The lowest BCUT2D eigenvalue weighted by molar-refractivity contribution is 0.901. The summed E-state index contributed by atoms with van der Waals surface area (Å²) < 4.78 is 0. The molecule has 110 valence electrons. The van der Waals surface area contributed by atoms with Crippen molar-refractivity contribution in [3.8, 4) is 0 Å². The lowest BCUT2D eigenvalue weighted by atomic mass is 9.95. The van der Waals surface area contributed by atoms with Crippen molar-refractivity contribution >= 4 is 35.2 Å². The first-order chi connectivity index (χ1) is 9.66. The molecule has 1 aromatic carbocycles. The molecule has 3 rings (SSSR count). The minimum Gasteiger partial charge on any atom is -0.350 e. The quantitative estimate of drug-likeness (QED) is 0.837. The van der Waals surface area contributed by atoms with Crippen molar-refractivity contribution in [3.63, 3.8) is 0 Å². The summed E-state index contributed by atoms with van der Waals surface area (Å²) in [7, 11) is 0. The van der Waals surface area contributed by atoms with Crippen LogP contribution in [0.3, 0.4) is 0 Å². The first-order valence-corrected chi connectivity index (χ1v) is 7.66. The van der Waals surface area contributed by atoms with Crippen LogP contribution in [0, 0.1) is 13.8 Å². The van der Waals surface area contributed by atoms with Gasteiger partial charge in [0, 0.05) is 16.7 Å². The van der Waals surface area contributed by atoms with Crippen LogP contribution < -0.4 is 5.32 Å². The summed E-state index contributed by atoms with van der Waals surface area (Å²) in [6, 6.07) is 10.6. The minimum absolute atomic E-state index is 0. The van der Waals surface area contributed by atoms with Crippen molar-refractivity contribution < 1.29 is 0 Å². The van der Waals surface area contributed by atoms with Gasteiger partial charge in [0.1, 0.15) is 6.04 Å². The van der Waals surface area contributed by atoms with Crippen molar-refractivity contribution in [2.24, 2.45) is 4.99 Å². The van der Waals surface area contributed by atoms with Gasteiger partial charge < -0.3 is 5.32 Å². The number of aryl methyl sites for hydroxylation is 1. The summed E-state index contributed by atoms with van der Waals surface area (Å²) >= 11 is 1.81. The number of nitrogens with zero attached hydrogens (tertiary/aromatic N) is 1. The highest BCUT2D eigenvalue weighted by Gasteiger charge is 2.24. The van der Waals surface area contributed by atoms with Crippen LogP contribution in [0.15, 0.2) is 46.9 Å². The Morgan fingerprint density at radius 2 is 1.81 bits per heavy atom. The van der Waals surface area contributed by atoms with E-state index in [0.717, 1.165) is 5.84 Å². The zero-order chi connectivity index (χ0) is 14.1. The first kappa shape index (κ1) is 15.8. The molecule has 0 amide bonds. The molecule has 1 aliphatic rings. The molecular formula is C17H19ClN2S. The number of aliphatic imine (C=N–C) groups is 1. The number of hydrogen-bond acceptors (Lipinski definition) is 3. The van der Waals surface area contributed by atoms with Gasteiger partial charge in [-0.2, -0.15) is 0 Å². The largest absolute Gasteiger partial charge is 0.350 e. The van der Waals surface area contributed by atoms with E-state index in [1.165, 1.54) is 27.1 Å². The second-order valence-corrected chi connectivity index (χ2v) is 6.05. The number of hydrogen-bond donors (Lipinski definition) is 1. The van der Waals surface area contributed by atoms with Gasteiger partial charge in [-0.05, 0) is 42.8 Å². The van der Waals surface area contributed by atoms with Crippen molar-refractivity contribution in [1.82, 2.24) is 5.32 Å². The lowest BCUT2D eigenvalue weighted by Crippen LogP contribution is -2.21. The van der Waals surface area contributed by atoms with Gasteiger partial charge in [0.2, 0.25) is 0 Å². The molecular weight excluding hydrogens is 300 g/mol. The molecule has 1 aromatic heterocycles. The summed E-state index contributed by atoms with van der Waals surface area (Å²) in [6.07, 6.45) is 2.09. The summed E-state index contributed by atoms with van der Waals surface area (Å²) in [6.45, 7) is 6.37. The fraction of sp³-hybridized carbons (Fsp3) is 0.235. The fourth-order valence-electron chi connectivity index (χ4n) is 2.43. The Bertz CT molecular complexity index is 686. The molecule has 0 saturated heterocycles. The van der Waals surface area contributed by atoms with Gasteiger partial charge in [0.15, 0.2) is 0 Å². The lowest BCUT2D eigenvalue weighted by Gasteiger charge is -2.22. The van der Waals surface area contributed by atoms with Crippen LogP contribution in [0.4, 0.5) is 0 Å². The number of rotatable bonds is 2. The van der Waals surface area contributed by atoms with E-state index >= 15 is 0 Å². The third-order valence-corrected chi connectivity index (χ3v) is 4.99. The molecule has 1 N–H and O–H groups in total. The van der Waals surface area contributed by atoms with Gasteiger partial charge in [-0.15, -0.1) is 23.7 Å². The molecule has 1 atom stereocenters. The topological polar surface area (TPSA) is 24.4 Å². The average molecular weight is 319 g/mol. The normalized spacial score (nSPS) is 17.4. The predicted octanol–water partition coefficient (Wildman–Crippen LogP) is 4.89. The van der Waals surface area contributed by atoms with Crippen molar-refractivity contribution in [2.75, 3.05) is 0 Å². The van der Waals surface area contributed by atoms with Crippen LogP contribution in [0.25, 0.3) is 5.57 Å². The van der Waals surface area contributed by atoms with E-state index in [1.807, 2.05) is 24.3 Å². The van der Waals surface area contributed by atoms with E-state index in [4.69, 9.17) is 4.99 Å². The Morgan fingerprint density at radius 3 is 2.43 bits per heavy atom. The van der Waals surface area contributed by atoms with Crippen LogP contribution in [0.5, 0.6) is 0 Å². The molecule has 0 radical (unpaired) electrons. The summed E-state index contributed by atoms with van der Waals surface area (Å²) in [5.74, 6) is 0.972. The highest BCUT2D eigenvalue weighted by molar-refractivity contribution is 7.10. The average Bonchev–Trinajstić information content (AvgIpc) is 2.80. The molecule has 0 aliphatic carbocycles. The molecule has 2 aromatic rings. The van der Waals surface area contributed by atoms with E-state index in [-0.39, 0.29) is 18.4 Å². The second-order valence-electron chi connectivity index (χ2n) is 5.14. The highest BCUT2D eigenvalue weighted by atomic mass is 35.5. The van der Waals surface area contributed by atoms with E-state index in [2.05, 4.69) is 55.0 Å². The number of amidine groups is 1. The van der Waals surface area contributed by atoms with Crippen molar-refractivity contribution in [1.29, 1.82) is 0 Å². The van der Waals surface area contributed by atoms with Crippen molar-refractivity contribution in [3.05, 3.63) is 63.5 Å². The van der Waals surface area contributed by atoms with Gasteiger partial charge >= 0.3 is 0 Å². The molecule has 21 heavy (non-hydrogen) atoms. The van der Waals surface area contributed by atoms with Crippen LogP contribution in [-0.4, -0.2) is 5.84 Å². The van der Waals surface area contributed by atoms with Gasteiger partial charge in [-0.1, -0.05) is 30.3 Å². The standard InChI is InChI=1S/C17H18N2S.ClH/c1-11-10-20-17(12(11)2)16-15(9-18-13(3)19-16)14-7-5-4-6-8-14;/h4-10,16H,1-3H3,(H,18,19);1H. The zero-order valence-electron chi connectivity index (χ0n) is 12.4. The Morgan fingerprint density at radius 1 is 1.10 bits per heavy atom. The molecule has 4 heteroatoms. The van der Waals surface area contributed by atoms with Crippen molar-refractivity contribution in [2.45, 2.75) is 26.8 Å². The van der Waals surface area contributed by atoms with Crippen LogP contribution in [0.1, 0.15) is 34.5 Å². The summed E-state index contributed by atoms with van der Waals surface area (Å²) in [4.78, 5) is 6.18. The van der Waals surface area contributed by atoms with E-state index < -0.39 is 0 Å². The number of thiophene rings is 1. The van der Waals surface area contributed by atoms with Gasteiger partial charge in [0.25, 0.3) is 0 Å². The molecule has 0 fully saturated rings. The third-order valence-electron chi connectivity index (χ3n) is 3.73. The Kier molecular flexibility index (Phi) is 4.86. The van der Waals surface area contributed by atoms with E-state index in [1.54, 1.807) is 0 Å². The van der Waals surface area contributed by atoms with Gasteiger partial charge in [-0.3, -0.25) is 4.99 Å². The molecule has 1 unspecified atom stereocenters. The molecule has 0 bridgehead atoms. The van der Waals surface area contributed by atoms with Crippen LogP contribution >= 0.6 is 23.7 Å². The third kappa shape index (κ3) is 3.04. The second kappa shape index (κ2) is 6.46. The predicted molar refractivity (Wildman–Crippen MR) is 94.4 cm³/mol.